The fourth-order valence-electron chi connectivity index (χ4n) is 2.62. The van der Waals surface area contributed by atoms with Crippen LogP contribution in [0.5, 0.6) is 11.5 Å². The summed E-state index contributed by atoms with van der Waals surface area (Å²) in [6.45, 7) is 0. The average Bonchev–Trinajstić information content (AvgIpc) is 2.80. The molecule has 0 radical (unpaired) electrons. The van der Waals surface area contributed by atoms with Crippen LogP contribution >= 0.6 is 11.6 Å². The van der Waals surface area contributed by atoms with Gasteiger partial charge in [-0.05, 0) is 60.2 Å². The minimum absolute atomic E-state index is 0.00566. The van der Waals surface area contributed by atoms with Crippen LogP contribution in [-0.4, -0.2) is 21.4 Å². The summed E-state index contributed by atoms with van der Waals surface area (Å²) in [6.07, 6.45) is 1.33. The van der Waals surface area contributed by atoms with E-state index in [9.17, 15) is 18.5 Å². The van der Waals surface area contributed by atoms with E-state index in [0.29, 0.717) is 17.0 Å². The molecule has 0 bridgehead atoms. The maximum Gasteiger partial charge on any atom is 0.339 e. The quantitative estimate of drug-likeness (QED) is 0.307. The Labute approximate surface area is 190 Å². The molecule has 3 rings (SSSR count). The van der Waals surface area contributed by atoms with Gasteiger partial charge in [-0.25, -0.2) is 0 Å². The van der Waals surface area contributed by atoms with Crippen molar-refractivity contribution < 1.29 is 22.1 Å². The molecule has 0 aliphatic rings. The summed E-state index contributed by atoms with van der Waals surface area (Å²) in [5.41, 5.74) is 0.744. The van der Waals surface area contributed by atoms with Crippen LogP contribution in [0.25, 0.3) is 6.08 Å². The Morgan fingerprint density at radius 2 is 1.75 bits per heavy atom. The zero-order valence-corrected chi connectivity index (χ0v) is 18.4. The highest BCUT2D eigenvalue weighted by Crippen LogP contribution is 2.29. The molecule has 3 aromatic carbocycles. The van der Waals surface area contributed by atoms with Crippen LogP contribution in [0.1, 0.15) is 5.56 Å². The summed E-state index contributed by atoms with van der Waals surface area (Å²) in [6, 6.07) is 20.4. The molecule has 0 heterocycles. The van der Waals surface area contributed by atoms with E-state index in [1.807, 2.05) is 6.07 Å². The minimum Gasteiger partial charge on any atom is -0.497 e. The molecular weight excluding hydrogens is 452 g/mol. The highest BCUT2D eigenvalue weighted by molar-refractivity contribution is 7.87. The SMILES string of the molecule is COc1ccc(NC(=O)/C(C#N)=C/c2ccc(OS(=O)(=O)c3ccccc3)c(Cl)c2)cc1. The number of hydrogen-bond donors (Lipinski definition) is 1. The molecule has 0 saturated heterocycles. The molecule has 3 aromatic rings. The number of nitriles is 1. The number of ether oxygens (including phenoxy) is 1. The van der Waals surface area contributed by atoms with Crippen LogP contribution in [-0.2, 0) is 14.9 Å². The predicted octanol–water partition coefficient (Wildman–Crippen LogP) is 4.66. The number of halogens is 1. The monoisotopic (exact) mass is 468 g/mol. The lowest BCUT2D eigenvalue weighted by Gasteiger charge is -2.09. The van der Waals surface area contributed by atoms with Gasteiger partial charge in [-0.1, -0.05) is 35.9 Å². The van der Waals surface area contributed by atoms with Crippen LogP contribution in [0, 0.1) is 11.3 Å². The maximum atomic E-state index is 12.4. The summed E-state index contributed by atoms with van der Waals surface area (Å²) in [7, 11) is -2.52. The summed E-state index contributed by atoms with van der Waals surface area (Å²) < 4.78 is 34.9. The van der Waals surface area contributed by atoms with Crippen LogP contribution in [0.3, 0.4) is 0 Å². The third-order valence-corrected chi connectivity index (χ3v) is 5.76. The highest BCUT2D eigenvalue weighted by atomic mass is 35.5. The van der Waals surface area contributed by atoms with Gasteiger partial charge in [-0.2, -0.15) is 13.7 Å². The lowest BCUT2D eigenvalue weighted by Crippen LogP contribution is -2.13. The van der Waals surface area contributed by atoms with E-state index in [2.05, 4.69) is 5.32 Å². The molecule has 9 heteroatoms. The zero-order valence-electron chi connectivity index (χ0n) is 16.8. The average molecular weight is 469 g/mol. The lowest BCUT2D eigenvalue weighted by molar-refractivity contribution is -0.112. The summed E-state index contributed by atoms with van der Waals surface area (Å²) >= 11 is 6.17. The molecule has 0 aliphatic heterocycles. The molecule has 162 valence electrons. The standard InChI is InChI=1S/C23H17ClN2O5S/c1-30-19-10-8-18(9-11-19)26-23(27)17(15-25)13-16-7-12-22(21(24)14-16)31-32(28,29)20-5-3-2-4-6-20/h2-14H,1H3,(H,26,27)/b17-13+. The number of carbonyl (C=O) groups is 1. The Morgan fingerprint density at radius 1 is 1.06 bits per heavy atom. The molecule has 0 aromatic heterocycles. The van der Waals surface area contributed by atoms with Crippen molar-refractivity contribution in [2.24, 2.45) is 0 Å². The second kappa shape index (κ2) is 10.0. The number of nitrogens with one attached hydrogen (secondary N) is 1. The van der Waals surface area contributed by atoms with Crippen molar-refractivity contribution in [2.45, 2.75) is 4.90 Å². The molecular formula is C23H17ClN2O5S. The van der Waals surface area contributed by atoms with Crippen LogP contribution in [0.2, 0.25) is 5.02 Å². The Hall–Kier alpha value is -3.80. The fraction of sp³-hybridized carbons (Fsp3) is 0.0435. The van der Waals surface area contributed by atoms with Crippen molar-refractivity contribution in [3.63, 3.8) is 0 Å². The summed E-state index contributed by atoms with van der Waals surface area (Å²) in [5.74, 6) is -0.0556. The van der Waals surface area contributed by atoms with Gasteiger partial charge >= 0.3 is 10.1 Å². The van der Waals surface area contributed by atoms with Crippen molar-refractivity contribution in [3.05, 3.63) is 89.0 Å². The van der Waals surface area contributed by atoms with Crippen molar-refractivity contribution in [2.75, 3.05) is 12.4 Å². The molecule has 0 fully saturated rings. The first-order valence-corrected chi connectivity index (χ1v) is 11.0. The van der Waals surface area contributed by atoms with Gasteiger partial charge in [0.25, 0.3) is 5.91 Å². The Morgan fingerprint density at radius 3 is 2.34 bits per heavy atom. The number of hydrogen-bond acceptors (Lipinski definition) is 6. The van der Waals surface area contributed by atoms with Gasteiger partial charge in [-0.15, -0.1) is 0 Å². The molecule has 0 atom stereocenters. The van der Waals surface area contributed by atoms with Gasteiger partial charge in [0.15, 0.2) is 5.75 Å². The molecule has 0 aliphatic carbocycles. The van der Waals surface area contributed by atoms with E-state index in [0.717, 1.165) is 0 Å². The number of methoxy groups -OCH3 is 1. The summed E-state index contributed by atoms with van der Waals surface area (Å²) in [5, 5.41) is 12.0. The molecule has 7 nitrogen and oxygen atoms in total. The van der Waals surface area contributed by atoms with Gasteiger partial charge in [0.1, 0.15) is 22.3 Å². The number of rotatable bonds is 7. The lowest BCUT2D eigenvalue weighted by atomic mass is 10.1. The smallest absolute Gasteiger partial charge is 0.339 e. The third kappa shape index (κ3) is 5.66. The van der Waals surface area contributed by atoms with Crippen LogP contribution < -0.4 is 14.2 Å². The molecule has 1 amide bonds. The van der Waals surface area contributed by atoms with E-state index >= 15 is 0 Å². The van der Waals surface area contributed by atoms with E-state index < -0.39 is 16.0 Å². The number of benzene rings is 3. The van der Waals surface area contributed by atoms with Crippen molar-refractivity contribution in [1.29, 1.82) is 5.26 Å². The molecule has 0 unspecified atom stereocenters. The van der Waals surface area contributed by atoms with Gasteiger partial charge in [0.05, 0.1) is 12.1 Å². The van der Waals surface area contributed by atoms with Gasteiger partial charge in [0, 0.05) is 5.69 Å². The highest BCUT2D eigenvalue weighted by Gasteiger charge is 2.18. The fourth-order valence-corrected chi connectivity index (χ4v) is 3.86. The number of anilines is 1. The molecule has 0 saturated carbocycles. The second-order valence-electron chi connectivity index (χ2n) is 6.39. The Bertz CT molecular complexity index is 1300. The topological polar surface area (TPSA) is 105 Å². The van der Waals surface area contributed by atoms with E-state index in [4.69, 9.17) is 20.5 Å². The van der Waals surface area contributed by atoms with Crippen LogP contribution in [0.15, 0.2) is 83.3 Å². The molecule has 0 spiro atoms. The number of nitrogens with zero attached hydrogens (tertiary/aromatic N) is 1. The van der Waals surface area contributed by atoms with Crippen LogP contribution in [0.4, 0.5) is 5.69 Å². The molecule has 32 heavy (non-hydrogen) atoms. The number of carbonyl (C=O) groups excluding carboxylic acids is 1. The largest absolute Gasteiger partial charge is 0.497 e. The minimum atomic E-state index is -4.05. The first-order valence-electron chi connectivity index (χ1n) is 9.18. The first-order chi connectivity index (χ1) is 15.3. The van der Waals surface area contributed by atoms with E-state index in [1.165, 1.54) is 43.5 Å². The van der Waals surface area contributed by atoms with Crippen molar-refractivity contribution in [1.82, 2.24) is 0 Å². The predicted molar refractivity (Wildman–Crippen MR) is 121 cm³/mol. The normalized spacial score (nSPS) is 11.3. The maximum absolute atomic E-state index is 12.4. The molecule has 1 N–H and O–H groups in total. The van der Waals surface area contributed by atoms with Gasteiger partial charge in [0.2, 0.25) is 0 Å². The second-order valence-corrected chi connectivity index (χ2v) is 8.35. The Balaban J connectivity index is 1.77. The van der Waals surface area contributed by atoms with Gasteiger partial charge < -0.3 is 14.2 Å². The van der Waals surface area contributed by atoms with Gasteiger partial charge in [-0.3, -0.25) is 4.79 Å². The first kappa shape index (κ1) is 22.9. The van der Waals surface area contributed by atoms with Crippen molar-refractivity contribution in [3.8, 4) is 17.6 Å². The zero-order chi connectivity index (χ0) is 23.1. The number of amides is 1. The van der Waals surface area contributed by atoms with E-state index in [1.54, 1.807) is 42.5 Å². The summed E-state index contributed by atoms with van der Waals surface area (Å²) in [4.78, 5) is 12.4. The van der Waals surface area contributed by atoms with Crippen molar-refractivity contribution >= 4 is 39.4 Å². The third-order valence-electron chi connectivity index (χ3n) is 4.21. The van der Waals surface area contributed by atoms with E-state index in [-0.39, 0.29) is 21.2 Å². The Kier molecular flexibility index (Phi) is 7.15.